The Labute approximate surface area is 147 Å². The molecule has 1 aliphatic heterocycles. The maximum atomic E-state index is 13.5. The van der Waals surface area contributed by atoms with Crippen molar-refractivity contribution in [3.8, 4) is 5.82 Å². The molecule has 0 N–H and O–H groups in total. The number of benzene rings is 1. The number of fused-ring (bicyclic) bond motifs is 1. The van der Waals surface area contributed by atoms with Crippen molar-refractivity contribution in [2.75, 3.05) is 31.2 Å². The summed E-state index contributed by atoms with van der Waals surface area (Å²) in [6.45, 7) is 2.35. The minimum absolute atomic E-state index is 0.185. The third-order valence-electron chi connectivity index (χ3n) is 3.97. The zero-order valence-corrected chi connectivity index (χ0v) is 13.8. The molecule has 0 atom stereocenters. The van der Waals surface area contributed by atoms with E-state index in [1.807, 2.05) is 4.90 Å². The number of halogens is 3. The molecule has 130 valence electrons. The van der Waals surface area contributed by atoms with Crippen LogP contribution in [0.4, 0.5) is 14.7 Å². The van der Waals surface area contributed by atoms with E-state index in [1.54, 1.807) is 24.3 Å². The fourth-order valence-electron chi connectivity index (χ4n) is 2.85. The van der Waals surface area contributed by atoms with E-state index in [4.69, 9.17) is 16.3 Å². The van der Waals surface area contributed by atoms with Gasteiger partial charge in [0.15, 0.2) is 5.82 Å². The van der Waals surface area contributed by atoms with E-state index in [-0.39, 0.29) is 16.8 Å². The molecule has 0 saturated carbocycles. The van der Waals surface area contributed by atoms with E-state index in [9.17, 15) is 8.78 Å². The van der Waals surface area contributed by atoms with Crippen molar-refractivity contribution in [3.05, 3.63) is 41.3 Å². The SMILES string of the molecule is FC(F)c1nc2ccccc2n1-c1cc(Cl)nc(N2CCOCC2)n1. The molecule has 6 nitrogen and oxygen atoms in total. The highest BCUT2D eigenvalue weighted by Crippen LogP contribution is 2.28. The number of nitrogens with zero attached hydrogens (tertiary/aromatic N) is 5. The van der Waals surface area contributed by atoms with Crippen LogP contribution in [0.1, 0.15) is 12.2 Å². The molecule has 1 saturated heterocycles. The van der Waals surface area contributed by atoms with Crippen molar-refractivity contribution in [2.45, 2.75) is 6.43 Å². The summed E-state index contributed by atoms with van der Waals surface area (Å²) >= 11 is 6.14. The third-order valence-corrected chi connectivity index (χ3v) is 4.17. The summed E-state index contributed by atoms with van der Waals surface area (Å²) in [5, 5.41) is 0.185. The van der Waals surface area contributed by atoms with Crippen LogP contribution in [0.15, 0.2) is 30.3 Å². The normalized spacial score (nSPS) is 15.3. The van der Waals surface area contributed by atoms with Crippen LogP contribution in [0.2, 0.25) is 5.15 Å². The zero-order valence-electron chi connectivity index (χ0n) is 13.1. The lowest BCUT2D eigenvalue weighted by atomic mass is 10.3. The van der Waals surface area contributed by atoms with Crippen molar-refractivity contribution in [1.82, 2.24) is 19.5 Å². The van der Waals surface area contributed by atoms with Crippen LogP contribution in [0.25, 0.3) is 16.9 Å². The van der Waals surface area contributed by atoms with Crippen LogP contribution >= 0.6 is 11.6 Å². The summed E-state index contributed by atoms with van der Waals surface area (Å²) in [6, 6.07) is 8.38. The second-order valence-electron chi connectivity index (χ2n) is 5.54. The molecule has 1 aliphatic rings. The Balaban J connectivity index is 1.88. The zero-order chi connectivity index (χ0) is 17.4. The predicted molar refractivity (Wildman–Crippen MR) is 89.7 cm³/mol. The van der Waals surface area contributed by atoms with Gasteiger partial charge in [0.05, 0.1) is 24.2 Å². The van der Waals surface area contributed by atoms with Crippen LogP contribution in [0.3, 0.4) is 0 Å². The molecule has 1 aromatic carbocycles. The van der Waals surface area contributed by atoms with Crippen molar-refractivity contribution in [3.63, 3.8) is 0 Å². The fourth-order valence-corrected chi connectivity index (χ4v) is 3.02. The number of alkyl halides is 2. The number of anilines is 1. The van der Waals surface area contributed by atoms with Gasteiger partial charge in [-0.05, 0) is 12.1 Å². The maximum Gasteiger partial charge on any atom is 0.296 e. The molecule has 4 rings (SSSR count). The van der Waals surface area contributed by atoms with Gasteiger partial charge >= 0.3 is 0 Å². The van der Waals surface area contributed by atoms with E-state index < -0.39 is 6.43 Å². The Kier molecular flexibility index (Phi) is 4.22. The largest absolute Gasteiger partial charge is 0.378 e. The standard InChI is InChI=1S/C16H14ClF2N5O/c17-12-9-13(22-16(21-12)23-5-7-25-8-6-23)24-11-4-2-1-3-10(11)20-15(24)14(18)19/h1-4,9,14H,5-8H2. The molecule has 0 bridgehead atoms. The van der Waals surface area contributed by atoms with E-state index in [2.05, 4.69) is 15.0 Å². The maximum absolute atomic E-state index is 13.5. The molecule has 0 spiro atoms. The summed E-state index contributed by atoms with van der Waals surface area (Å²) in [4.78, 5) is 14.6. The first-order valence-corrected chi connectivity index (χ1v) is 8.14. The minimum Gasteiger partial charge on any atom is -0.378 e. The van der Waals surface area contributed by atoms with Crippen molar-refractivity contribution in [2.24, 2.45) is 0 Å². The highest BCUT2D eigenvalue weighted by atomic mass is 35.5. The highest BCUT2D eigenvalue weighted by molar-refractivity contribution is 6.29. The highest BCUT2D eigenvalue weighted by Gasteiger charge is 2.23. The molecular weight excluding hydrogens is 352 g/mol. The average Bonchev–Trinajstić information content (AvgIpc) is 3.02. The number of aromatic nitrogens is 4. The molecule has 9 heteroatoms. The molecule has 1 fully saturated rings. The molecule has 0 unspecified atom stereocenters. The summed E-state index contributed by atoms with van der Waals surface area (Å²) in [7, 11) is 0. The molecule has 25 heavy (non-hydrogen) atoms. The van der Waals surface area contributed by atoms with Crippen LogP contribution in [0, 0.1) is 0 Å². The quantitative estimate of drug-likeness (QED) is 0.667. The fraction of sp³-hybridized carbons (Fsp3) is 0.312. The van der Waals surface area contributed by atoms with E-state index >= 15 is 0 Å². The summed E-state index contributed by atoms with van der Waals surface area (Å²) in [5.74, 6) is 0.290. The number of para-hydroxylation sites is 2. The number of rotatable bonds is 3. The van der Waals surface area contributed by atoms with Gasteiger partial charge in [0.25, 0.3) is 6.43 Å². The van der Waals surface area contributed by atoms with Crippen molar-refractivity contribution < 1.29 is 13.5 Å². The van der Waals surface area contributed by atoms with Crippen LogP contribution in [-0.4, -0.2) is 45.8 Å². The van der Waals surface area contributed by atoms with Crippen LogP contribution in [0.5, 0.6) is 0 Å². The van der Waals surface area contributed by atoms with Gasteiger partial charge in [0.2, 0.25) is 5.95 Å². The van der Waals surface area contributed by atoms with Crippen molar-refractivity contribution >= 4 is 28.6 Å². The number of hydrogen-bond donors (Lipinski definition) is 0. The summed E-state index contributed by atoms with van der Waals surface area (Å²) in [6.07, 6.45) is -2.74. The number of imidazole rings is 1. The molecule has 0 aliphatic carbocycles. The van der Waals surface area contributed by atoms with Gasteiger partial charge in [0, 0.05) is 19.2 Å². The molecule has 2 aromatic heterocycles. The van der Waals surface area contributed by atoms with Crippen LogP contribution < -0.4 is 4.90 Å². The molecule has 0 amide bonds. The molecule has 3 heterocycles. The predicted octanol–water partition coefficient (Wildman–Crippen LogP) is 3.24. The van der Waals surface area contributed by atoms with Gasteiger partial charge in [-0.15, -0.1) is 0 Å². The van der Waals surface area contributed by atoms with Crippen molar-refractivity contribution in [1.29, 1.82) is 0 Å². The minimum atomic E-state index is -2.74. The number of hydrogen-bond acceptors (Lipinski definition) is 5. The summed E-state index contributed by atoms with van der Waals surface area (Å²) < 4.78 is 33.7. The molecule has 0 radical (unpaired) electrons. The lowest BCUT2D eigenvalue weighted by Gasteiger charge is -2.27. The topological polar surface area (TPSA) is 56.1 Å². The van der Waals surface area contributed by atoms with E-state index in [0.29, 0.717) is 43.3 Å². The second-order valence-corrected chi connectivity index (χ2v) is 5.93. The van der Waals surface area contributed by atoms with Gasteiger partial charge in [-0.3, -0.25) is 4.57 Å². The summed E-state index contributed by atoms with van der Waals surface area (Å²) in [5.41, 5.74) is 1.01. The first-order valence-electron chi connectivity index (χ1n) is 7.76. The Morgan fingerprint density at radius 3 is 2.60 bits per heavy atom. The van der Waals surface area contributed by atoms with Gasteiger partial charge in [-0.1, -0.05) is 23.7 Å². The van der Waals surface area contributed by atoms with Crippen LogP contribution in [-0.2, 0) is 4.74 Å². The molecule has 3 aromatic rings. The second kappa shape index (κ2) is 6.53. The van der Waals surface area contributed by atoms with Gasteiger partial charge in [-0.2, -0.15) is 4.98 Å². The lowest BCUT2D eigenvalue weighted by Crippen LogP contribution is -2.37. The number of morpholine rings is 1. The Hall–Kier alpha value is -2.32. The first-order chi connectivity index (χ1) is 12.1. The average molecular weight is 366 g/mol. The lowest BCUT2D eigenvalue weighted by molar-refractivity contribution is 0.122. The number of ether oxygens (including phenoxy) is 1. The van der Waals surface area contributed by atoms with E-state index in [1.165, 1.54) is 10.6 Å². The Bertz CT molecular complexity index is 911. The van der Waals surface area contributed by atoms with Gasteiger partial charge in [0.1, 0.15) is 11.0 Å². The first kappa shape index (κ1) is 16.2. The van der Waals surface area contributed by atoms with Gasteiger partial charge < -0.3 is 9.64 Å². The molecular formula is C16H14ClF2N5O. The Morgan fingerprint density at radius 2 is 1.84 bits per heavy atom. The third kappa shape index (κ3) is 3.03. The van der Waals surface area contributed by atoms with E-state index in [0.717, 1.165) is 0 Å². The Morgan fingerprint density at radius 1 is 1.08 bits per heavy atom. The smallest absolute Gasteiger partial charge is 0.296 e. The van der Waals surface area contributed by atoms with Gasteiger partial charge in [-0.25, -0.2) is 18.7 Å². The monoisotopic (exact) mass is 365 g/mol.